The molecule has 0 saturated heterocycles. The van der Waals surface area contributed by atoms with E-state index in [1.807, 2.05) is 44.3 Å². The summed E-state index contributed by atoms with van der Waals surface area (Å²) in [5, 5.41) is 3.11. The van der Waals surface area contributed by atoms with Crippen molar-refractivity contribution >= 4 is 0 Å². The summed E-state index contributed by atoms with van der Waals surface area (Å²) in [7, 11) is 3.55. The highest BCUT2D eigenvalue weighted by Gasteiger charge is 2.07. The minimum Gasteiger partial charge on any atom is -0.497 e. The summed E-state index contributed by atoms with van der Waals surface area (Å²) in [6.07, 6.45) is 0. The molecule has 0 aliphatic carbocycles. The summed E-state index contributed by atoms with van der Waals surface area (Å²) < 4.78 is 16.5. The van der Waals surface area contributed by atoms with Gasteiger partial charge in [-0.2, -0.15) is 0 Å². The van der Waals surface area contributed by atoms with E-state index in [1.165, 1.54) is 0 Å². The lowest BCUT2D eigenvalue weighted by Crippen LogP contribution is -2.04. The molecule has 0 aliphatic rings. The van der Waals surface area contributed by atoms with Crippen LogP contribution in [0.2, 0.25) is 0 Å². The van der Waals surface area contributed by atoms with E-state index in [0.717, 1.165) is 35.1 Å². The van der Waals surface area contributed by atoms with Crippen molar-refractivity contribution in [2.45, 2.75) is 20.1 Å². The molecule has 0 saturated carbocycles. The summed E-state index contributed by atoms with van der Waals surface area (Å²) in [5.41, 5.74) is 1.16. The first-order valence-corrected chi connectivity index (χ1v) is 6.22. The topological polar surface area (TPSA) is 43.6 Å². The Balaban J connectivity index is 1.99. The second kappa shape index (κ2) is 6.29. The first kappa shape index (κ1) is 13.5. The zero-order chi connectivity index (χ0) is 13.7. The van der Waals surface area contributed by atoms with Gasteiger partial charge >= 0.3 is 0 Å². The van der Waals surface area contributed by atoms with Crippen LogP contribution >= 0.6 is 0 Å². The van der Waals surface area contributed by atoms with Gasteiger partial charge in [0.2, 0.25) is 0 Å². The molecule has 0 bridgehead atoms. The molecule has 4 nitrogen and oxygen atoms in total. The van der Waals surface area contributed by atoms with E-state index in [1.54, 1.807) is 7.11 Å². The largest absolute Gasteiger partial charge is 0.497 e. The van der Waals surface area contributed by atoms with Crippen molar-refractivity contribution in [3.8, 4) is 11.5 Å². The fourth-order valence-corrected chi connectivity index (χ4v) is 1.87. The van der Waals surface area contributed by atoms with E-state index in [4.69, 9.17) is 13.9 Å². The van der Waals surface area contributed by atoms with Crippen LogP contribution in [0.4, 0.5) is 0 Å². The standard InChI is InChI=1S/C15H19NO3/c1-11-12(9-16-2)7-15(19-11)10-18-14-6-4-5-13(8-14)17-3/h4-8,16H,9-10H2,1-3H3. The smallest absolute Gasteiger partial charge is 0.146 e. The van der Waals surface area contributed by atoms with E-state index in [9.17, 15) is 0 Å². The molecular formula is C15H19NO3. The van der Waals surface area contributed by atoms with E-state index < -0.39 is 0 Å². The highest BCUT2D eigenvalue weighted by molar-refractivity contribution is 5.33. The Morgan fingerprint density at radius 1 is 1.21 bits per heavy atom. The lowest BCUT2D eigenvalue weighted by atomic mass is 10.2. The molecule has 1 N–H and O–H groups in total. The summed E-state index contributed by atoms with van der Waals surface area (Å²) >= 11 is 0. The molecule has 0 fully saturated rings. The van der Waals surface area contributed by atoms with Crippen LogP contribution in [0.15, 0.2) is 34.7 Å². The predicted octanol–water partition coefficient (Wildman–Crippen LogP) is 2.90. The Hall–Kier alpha value is -1.94. The molecule has 0 spiro atoms. The quantitative estimate of drug-likeness (QED) is 0.868. The van der Waals surface area contributed by atoms with Crippen LogP contribution in [-0.2, 0) is 13.2 Å². The van der Waals surface area contributed by atoms with Crippen molar-refractivity contribution in [2.24, 2.45) is 0 Å². The number of furan rings is 1. The minimum absolute atomic E-state index is 0.414. The number of methoxy groups -OCH3 is 1. The maximum atomic E-state index is 5.69. The third-order valence-electron chi connectivity index (χ3n) is 2.86. The first-order valence-electron chi connectivity index (χ1n) is 6.22. The number of benzene rings is 1. The van der Waals surface area contributed by atoms with Gasteiger partial charge < -0.3 is 19.2 Å². The van der Waals surface area contributed by atoms with Crippen LogP contribution in [0.1, 0.15) is 17.1 Å². The molecule has 0 amide bonds. The fourth-order valence-electron chi connectivity index (χ4n) is 1.87. The highest BCUT2D eigenvalue weighted by Crippen LogP contribution is 2.21. The van der Waals surface area contributed by atoms with Crippen LogP contribution in [0, 0.1) is 6.92 Å². The minimum atomic E-state index is 0.414. The van der Waals surface area contributed by atoms with Crippen LogP contribution < -0.4 is 14.8 Å². The molecule has 19 heavy (non-hydrogen) atoms. The third-order valence-corrected chi connectivity index (χ3v) is 2.86. The molecule has 0 unspecified atom stereocenters. The lowest BCUT2D eigenvalue weighted by molar-refractivity contribution is 0.266. The molecule has 1 aromatic heterocycles. The highest BCUT2D eigenvalue weighted by atomic mass is 16.5. The second-order valence-electron chi connectivity index (χ2n) is 4.29. The summed E-state index contributed by atoms with van der Waals surface area (Å²) in [6.45, 7) is 3.17. The van der Waals surface area contributed by atoms with Crippen LogP contribution in [0.3, 0.4) is 0 Å². The Kier molecular flexibility index (Phi) is 4.47. The molecule has 102 valence electrons. The van der Waals surface area contributed by atoms with Gasteiger partial charge in [-0.3, -0.25) is 0 Å². The van der Waals surface area contributed by atoms with Crippen molar-refractivity contribution in [1.82, 2.24) is 5.32 Å². The number of hydrogen-bond donors (Lipinski definition) is 1. The number of hydrogen-bond acceptors (Lipinski definition) is 4. The monoisotopic (exact) mass is 261 g/mol. The first-order chi connectivity index (χ1) is 9.22. The van der Waals surface area contributed by atoms with Crippen molar-refractivity contribution in [1.29, 1.82) is 0 Å². The van der Waals surface area contributed by atoms with Crippen molar-refractivity contribution in [2.75, 3.05) is 14.2 Å². The van der Waals surface area contributed by atoms with Gasteiger partial charge in [-0.25, -0.2) is 0 Å². The van der Waals surface area contributed by atoms with E-state index in [0.29, 0.717) is 6.61 Å². The molecule has 2 rings (SSSR count). The average Bonchev–Trinajstić information content (AvgIpc) is 2.78. The SMILES string of the molecule is CNCc1cc(COc2cccc(OC)c2)oc1C. The van der Waals surface area contributed by atoms with Gasteiger partial charge in [0.1, 0.15) is 29.6 Å². The zero-order valence-corrected chi connectivity index (χ0v) is 11.5. The van der Waals surface area contributed by atoms with Crippen LogP contribution in [0.5, 0.6) is 11.5 Å². The Morgan fingerprint density at radius 3 is 2.74 bits per heavy atom. The van der Waals surface area contributed by atoms with Crippen molar-refractivity contribution in [3.05, 3.63) is 47.4 Å². The van der Waals surface area contributed by atoms with Gasteiger partial charge in [-0.1, -0.05) is 6.07 Å². The molecule has 0 aliphatic heterocycles. The molecule has 2 aromatic rings. The van der Waals surface area contributed by atoms with E-state index in [-0.39, 0.29) is 0 Å². The molecule has 0 atom stereocenters. The number of aryl methyl sites for hydroxylation is 1. The maximum absolute atomic E-state index is 5.69. The average molecular weight is 261 g/mol. The lowest BCUT2D eigenvalue weighted by Gasteiger charge is -2.05. The van der Waals surface area contributed by atoms with Gasteiger partial charge in [-0.05, 0) is 32.2 Å². The summed E-state index contributed by atoms with van der Waals surface area (Å²) in [5.74, 6) is 3.30. The van der Waals surface area contributed by atoms with Crippen LogP contribution in [0.25, 0.3) is 0 Å². The normalized spacial score (nSPS) is 10.5. The van der Waals surface area contributed by atoms with Crippen molar-refractivity contribution < 1.29 is 13.9 Å². The predicted molar refractivity (Wildman–Crippen MR) is 73.5 cm³/mol. The fraction of sp³-hybridized carbons (Fsp3) is 0.333. The Bertz CT molecular complexity index is 534. The Labute approximate surface area is 113 Å². The number of rotatable bonds is 6. The zero-order valence-electron chi connectivity index (χ0n) is 11.5. The second-order valence-corrected chi connectivity index (χ2v) is 4.29. The van der Waals surface area contributed by atoms with Gasteiger partial charge in [0.05, 0.1) is 7.11 Å². The van der Waals surface area contributed by atoms with Gasteiger partial charge in [0.25, 0.3) is 0 Å². The van der Waals surface area contributed by atoms with E-state index in [2.05, 4.69) is 5.32 Å². The summed E-state index contributed by atoms with van der Waals surface area (Å²) in [6, 6.07) is 9.55. The van der Waals surface area contributed by atoms with Crippen molar-refractivity contribution in [3.63, 3.8) is 0 Å². The van der Waals surface area contributed by atoms with Crippen LogP contribution in [-0.4, -0.2) is 14.2 Å². The van der Waals surface area contributed by atoms with Gasteiger partial charge in [-0.15, -0.1) is 0 Å². The maximum Gasteiger partial charge on any atom is 0.146 e. The van der Waals surface area contributed by atoms with E-state index >= 15 is 0 Å². The molecule has 0 radical (unpaired) electrons. The number of ether oxygens (including phenoxy) is 2. The molecule has 1 heterocycles. The molecule has 4 heteroatoms. The number of nitrogens with one attached hydrogen (secondary N) is 1. The Morgan fingerprint density at radius 2 is 2.00 bits per heavy atom. The molecular weight excluding hydrogens is 242 g/mol. The summed E-state index contributed by atoms with van der Waals surface area (Å²) in [4.78, 5) is 0. The van der Waals surface area contributed by atoms with Gasteiger partial charge in [0, 0.05) is 18.2 Å². The van der Waals surface area contributed by atoms with Gasteiger partial charge in [0.15, 0.2) is 0 Å². The third kappa shape index (κ3) is 3.51. The molecule has 1 aromatic carbocycles.